The van der Waals surface area contributed by atoms with Crippen molar-refractivity contribution in [3.63, 3.8) is 0 Å². The number of nitriles is 1. The molecule has 0 bridgehead atoms. The number of nitrogens with zero attached hydrogens (tertiary/aromatic N) is 1. The third-order valence-electron chi connectivity index (χ3n) is 4.06. The van der Waals surface area contributed by atoms with Gasteiger partial charge in [-0.2, -0.15) is 5.26 Å². The molecule has 0 spiro atoms. The Morgan fingerprint density at radius 1 is 1.54 bits per heavy atom. The van der Waals surface area contributed by atoms with Gasteiger partial charge in [0.15, 0.2) is 12.1 Å². The van der Waals surface area contributed by atoms with Crippen molar-refractivity contribution >= 4 is 0 Å². The minimum absolute atomic E-state index is 0.0178. The van der Waals surface area contributed by atoms with Gasteiger partial charge in [-0.05, 0) is 51.2 Å². The van der Waals surface area contributed by atoms with Gasteiger partial charge in [-0.15, -0.1) is 0 Å². The minimum Gasteiger partial charge on any atom is -0.386 e. The van der Waals surface area contributed by atoms with Crippen LogP contribution in [0.2, 0.25) is 0 Å². The van der Waals surface area contributed by atoms with Gasteiger partial charge in [0.25, 0.3) is 0 Å². The molecular formula is C18H28N2O4. The molecule has 0 radical (unpaired) electrons. The van der Waals surface area contributed by atoms with E-state index >= 15 is 0 Å². The highest BCUT2D eigenvalue weighted by molar-refractivity contribution is 5.39. The van der Waals surface area contributed by atoms with Gasteiger partial charge >= 0.3 is 0 Å². The van der Waals surface area contributed by atoms with Gasteiger partial charge in [0.2, 0.25) is 0 Å². The van der Waals surface area contributed by atoms with Crippen LogP contribution < -0.4 is 5.32 Å². The average Bonchev–Trinajstić information content (AvgIpc) is 2.91. The van der Waals surface area contributed by atoms with Gasteiger partial charge in [-0.25, -0.2) is 0 Å². The lowest BCUT2D eigenvalue weighted by Crippen LogP contribution is -2.30. The highest BCUT2D eigenvalue weighted by atomic mass is 16.7. The molecule has 0 saturated carbocycles. The van der Waals surface area contributed by atoms with Gasteiger partial charge in [0.1, 0.15) is 12.2 Å². The first-order valence-corrected chi connectivity index (χ1v) is 8.64. The van der Waals surface area contributed by atoms with E-state index in [0.717, 1.165) is 37.0 Å². The molecule has 2 unspecified atom stereocenters. The molecule has 0 aromatic rings. The maximum absolute atomic E-state index is 10.0. The summed E-state index contributed by atoms with van der Waals surface area (Å²) >= 11 is 0. The first-order chi connectivity index (χ1) is 11.4. The number of ether oxygens (including phenoxy) is 3. The molecule has 6 heteroatoms. The zero-order valence-electron chi connectivity index (χ0n) is 14.8. The normalized spacial score (nSPS) is 26.5. The summed E-state index contributed by atoms with van der Waals surface area (Å²) in [5.41, 5.74) is 2.21. The Morgan fingerprint density at radius 3 is 2.96 bits per heavy atom. The summed E-state index contributed by atoms with van der Waals surface area (Å²) < 4.78 is 16.6. The molecule has 1 aliphatic carbocycles. The summed E-state index contributed by atoms with van der Waals surface area (Å²) in [6.45, 7) is 7.45. The van der Waals surface area contributed by atoms with Crippen LogP contribution in [-0.2, 0) is 14.2 Å². The molecule has 24 heavy (non-hydrogen) atoms. The van der Waals surface area contributed by atoms with E-state index in [4.69, 9.17) is 14.2 Å². The molecule has 2 aliphatic rings. The summed E-state index contributed by atoms with van der Waals surface area (Å²) in [7, 11) is 0. The van der Waals surface area contributed by atoms with E-state index in [2.05, 4.69) is 11.4 Å². The second kappa shape index (κ2) is 8.63. The topological polar surface area (TPSA) is 83.7 Å². The Hall–Kier alpha value is -1.39. The maximum Gasteiger partial charge on any atom is 0.191 e. The number of aliphatic hydroxyl groups is 1. The van der Waals surface area contributed by atoms with E-state index < -0.39 is 12.1 Å². The lowest BCUT2D eigenvalue weighted by Gasteiger charge is -2.22. The first-order valence-electron chi connectivity index (χ1n) is 8.64. The third-order valence-corrected chi connectivity index (χ3v) is 4.06. The van der Waals surface area contributed by atoms with Crippen molar-refractivity contribution in [2.75, 3.05) is 19.8 Å². The largest absolute Gasteiger partial charge is 0.386 e. The predicted molar refractivity (Wildman–Crippen MR) is 89.7 cm³/mol. The lowest BCUT2D eigenvalue weighted by atomic mass is 9.95. The van der Waals surface area contributed by atoms with Crippen LogP contribution in [0.3, 0.4) is 0 Å². The number of rotatable bonds is 7. The molecule has 0 aromatic heterocycles. The molecule has 0 amide bonds. The molecule has 1 heterocycles. The van der Waals surface area contributed by atoms with Crippen LogP contribution in [0.4, 0.5) is 0 Å². The molecular weight excluding hydrogens is 308 g/mol. The Bertz CT molecular complexity index is 534. The van der Waals surface area contributed by atoms with E-state index in [-0.39, 0.29) is 6.10 Å². The Balaban J connectivity index is 1.98. The molecule has 2 N–H and O–H groups in total. The summed E-state index contributed by atoms with van der Waals surface area (Å²) in [6.07, 6.45) is 4.27. The second-order valence-electron chi connectivity index (χ2n) is 6.63. The predicted octanol–water partition coefficient (Wildman–Crippen LogP) is 2.36. The van der Waals surface area contributed by atoms with Gasteiger partial charge in [0.05, 0.1) is 12.2 Å². The van der Waals surface area contributed by atoms with Crippen LogP contribution >= 0.6 is 0 Å². The van der Waals surface area contributed by atoms with Crippen LogP contribution in [0.1, 0.15) is 46.5 Å². The number of allylic oxidation sites excluding steroid dienone is 3. The molecule has 1 aliphatic heterocycles. The van der Waals surface area contributed by atoms with Crippen LogP contribution in [0, 0.1) is 11.3 Å². The van der Waals surface area contributed by atoms with Crippen molar-refractivity contribution in [2.24, 2.45) is 0 Å². The van der Waals surface area contributed by atoms with Crippen molar-refractivity contribution in [1.82, 2.24) is 5.32 Å². The fraction of sp³-hybridized carbons (Fsp3) is 0.722. The van der Waals surface area contributed by atoms with Crippen molar-refractivity contribution in [3.05, 3.63) is 22.9 Å². The van der Waals surface area contributed by atoms with Crippen molar-refractivity contribution < 1.29 is 19.3 Å². The molecule has 1 saturated heterocycles. The summed E-state index contributed by atoms with van der Waals surface area (Å²) in [5.74, 6) is -0.521. The number of hydrogen-bond donors (Lipinski definition) is 2. The third kappa shape index (κ3) is 5.32. The Kier molecular flexibility index (Phi) is 6.81. The first kappa shape index (κ1) is 18.9. The van der Waals surface area contributed by atoms with Crippen LogP contribution in [0.5, 0.6) is 0 Å². The quantitative estimate of drug-likeness (QED) is 0.548. The van der Waals surface area contributed by atoms with E-state index in [1.807, 2.05) is 26.8 Å². The molecule has 1 fully saturated rings. The van der Waals surface area contributed by atoms with Crippen LogP contribution in [0.25, 0.3) is 0 Å². The number of hydrogen-bond acceptors (Lipinski definition) is 6. The standard InChI is InChI=1S/C18H28N2O4/c1-4-8-22-17(21)16(10-19)13-6-5-7-14(9-13)20-11-15-12-23-18(2,3)24-15/h9,15,17,20-21H,4-8,11-12H2,1-3H3/b16-13-. The van der Waals surface area contributed by atoms with E-state index in [1.165, 1.54) is 0 Å². The lowest BCUT2D eigenvalue weighted by molar-refractivity contribution is -0.137. The minimum atomic E-state index is -1.15. The molecule has 6 nitrogen and oxygen atoms in total. The fourth-order valence-electron chi connectivity index (χ4n) is 2.88. The van der Waals surface area contributed by atoms with Crippen molar-refractivity contribution in [1.29, 1.82) is 5.26 Å². The van der Waals surface area contributed by atoms with Crippen molar-refractivity contribution in [3.8, 4) is 6.07 Å². The number of nitrogens with one attached hydrogen (secondary N) is 1. The van der Waals surface area contributed by atoms with E-state index in [9.17, 15) is 10.4 Å². The van der Waals surface area contributed by atoms with Gasteiger partial charge < -0.3 is 24.6 Å². The zero-order chi connectivity index (χ0) is 17.6. The monoisotopic (exact) mass is 336 g/mol. The molecule has 2 atom stereocenters. The van der Waals surface area contributed by atoms with Crippen molar-refractivity contribution in [2.45, 2.75) is 64.6 Å². The highest BCUT2D eigenvalue weighted by Crippen LogP contribution is 2.26. The van der Waals surface area contributed by atoms with E-state index in [1.54, 1.807) is 0 Å². The molecule has 134 valence electrons. The fourth-order valence-corrected chi connectivity index (χ4v) is 2.88. The summed E-state index contributed by atoms with van der Waals surface area (Å²) in [5, 5.41) is 22.8. The Morgan fingerprint density at radius 2 is 2.33 bits per heavy atom. The Labute approximate surface area is 144 Å². The summed E-state index contributed by atoms with van der Waals surface area (Å²) in [4.78, 5) is 0. The van der Waals surface area contributed by atoms with Gasteiger partial charge in [-0.3, -0.25) is 0 Å². The van der Waals surface area contributed by atoms with Gasteiger partial charge in [0, 0.05) is 18.8 Å². The average molecular weight is 336 g/mol. The highest BCUT2D eigenvalue weighted by Gasteiger charge is 2.32. The smallest absolute Gasteiger partial charge is 0.191 e. The molecule has 2 rings (SSSR count). The van der Waals surface area contributed by atoms with Gasteiger partial charge in [-0.1, -0.05) is 6.92 Å². The van der Waals surface area contributed by atoms with Crippen LogP contribution in [0.15, 0.2) is 22.9 Å². The maximum atomic E-state index is 10.0. The zero-order valence-corrected chi connectivity index (χ0v) is 14.8. The second-order valence-corrected chi connectivity index (χ2v) is 6.63. The molecule has 0 aromatic carbocycles. The van der Waals surface area contributed by atoms with Crippen LogP contribution in [-0.4, -0.2) is 43.0 Å². The number of aliphatic hydroxyl groups excluding tert-OH is 1. The summed E-state index contributed by atoms with van der Waals surface area (Å²) in [6, 6.07) is 2.10. The SMILES string of the molecule is CCCOC(O)/C(C#N)=C1\C=C(NCC2COC(C)(C)O2)CCC1. The van der Waals surface area contributed by atoms with E-state index in [0.29, 0.717) is 25.3 Å².